The molecule has 0 aromatic rings. The minimum atomic E-state index is 0.492. The molecule has 0 aromatic heterocycles. The molecule has 0 unspecified atom stereocenters. The van der Waals surface area contributed by atoms with Crippen molar-refractivity contribution in [1.82, 2.24) is 0 Å². The van der Waals surface area contributed by atoms with Crippen molar-refractivity contribution in [3.63, 3.8) is 0 Å². The fourth-order valence-corrected chi connectivity index (χ4v) is 2.03. The molecule has 0 radical (unpaired) electrons. The second-order valence-electron chi connectivity index (χ2n) is 1.43. The molecule has 2 aliphatic heterocycles. The average Bonchev–Trinajstić information content (AvgIpc) is 2.15. The fraction of sp³-hybridized carbons (Fsp3) is 0.250. The Morgan fingerprint density at radius 1 is 1.62 bits per heavy atom. The molecule has 2 rings (SSSR count). The molecule has 0 amide bonds. The average molecular weight is 172 g/mol. The van der Waals surface area contributed by atoms with Crippen LogP contribution in [-0.4, -0.2) is 37.2 Å². The normalized spacial score (nSPS) is 23.0. The molecule has 2 aliphatic rings. The van der Waals surface area contributed by atoms with E-state index in [4.69, 9.17) is 0 Å². The monoisotopic (exact) mass is 173 g/mol. The second-order valence-corrected chi connectivity index (χ2v) is 3.39. The van der Waals surface area contributed by atoms with Gasteiger partial charge < -0.3 is 0 Å². The van der Waals surface area contributed by atoms with Crippen LogP contribution in [0.15, 0.2) is 15.0 Å². The molecular formula is C4H3N3Se. The van der Waals surface area contributed by atoms with Gasteiger partial charge in [0.25, 0.3) is 0 Å². The first-order chi connectivity index (χ1) is 3.97. The Morgan fingerprint density at radius 2 is 2.62 bits per heavy atom. The van der Waals surface area contributed by atoms with Crippen molar-refractivity contribution in [2.75, 3.05) is 5.44 Å². The number of rotatable bonds is 0. The Bertz CT molecular complexity index is 203. The standard InChI is InChI=1S/C4H3N3Se/c1-5-3-4(6-1)8-2-7-3/h1H,2H2. The number of nitrogens with zero attached hydrogens (tertiary/aromatic N) is 3. The molecule has 3 nitrogen and oxygen atoms in total. The van der Waals surface area contributed by atoms with Gasteiger partial charge in [-0.1, -0.05) is 0 Å². The molecule has 4 heteroatoms. The van der Waals surface area contributed by atoms with E-state index < -0.39 is 0 Å². The summed E-state index contributed by atoms with van der Waals surface area (Å²) >= 11 is 0.492. The fourth-order valence-electron chi connectivity index (χ4n) is 0.614. The third kappa shape index (κ3) is 0.470. The molecule has 8 heavy (non-hydrogen) atoms. The quantitative estimate of drug-likeness (QED) is 0.442. The number of fused-ring (bicyclic) bond motifs is 1. The number of amidine groups is 1. The van der Waals surface area contributed by atoms with Crippen molar-refractivity contribution in [1.29, 1.82) is 0 Å². The molecule has 0 aromatic carbocycles. The van der Waals surface area contributed by atoms with Crippen LogP contribution < -0.4 is 0 Å². The number of hydrogen-bond acceptors (Lipinski definition) is 3. The van der Waals surface area contributed by atoms with Crippen LogP contribution in [0.2, 0.25) is 0 Å². The Morgan fingerprint density at radius 3 is 3.50 bits per heavy atom. The van der Waals surface area contributed by atoms with Crippen LogP contribution in [0, 0.1) is 0 Å². The van der Waals surface area contributed by atoms with E-state index in [0.717, 1.165) is 15.9 Å². The van der Waals surface area contributed by atoms with Crippen molar-refractivity contribution < 1.29 is 0 Å². The van der Waals surface area contributed by atoms with Gasteiger partial charge in [-0.3, -0.25) is 0 Å². The van der Waals surface area contributed by atoms with E-state index in [1.807, 2.05) is 0 Å². The van der Waals surface area contributed by atoms with Crippen LogP contribution in [0.3, 0.4) is 0 Å². The van der Waals surface area contributed by atoms with Crippen molar-refractivity contribution in [3.8, 4) is 0 Å². The van der Waals surface area contributed by atoms with Gasteiger partial charge >= 0.3 is 52.2 Å². The first-order valence-corrected chi connectivity index (χ1v) is 4.31. The van der Waals surface area contributed by atoms with E-state index in [2.05, 4.69) is 15.0 Å². The van der Waals surface area contributed by atoms with Gasteiger partial charge in [0.15, 0.2) is 0 Å². The summed E-state index contributed by atoms with van der Waals surface area (Å²) in [5.74, 6) is 0.880. The van der Waals surface area contributed by atoms with Crippen LogP contribution in [0.1, 0.15) is 0 Å². The maximum atomic E-state index is 4.11. The Labute approximate surface area is 52.8 Å². The molecule has 40 valence electrons. The van der Waals surface area contributed by atoms with Crippen LogP contribution in [0.5, 0.6) is 0 Å². The van der Waals surface area contributed by atoms with Crippen LogP contribution in [0.4, 0.5) is 0 Å². The molecule has 0 saturated carbocycles. The van der Waals surface area contributed by atoms with Gasteiger partial charge in [-0.2, -0.15) is 0 Å². The number of aliphatic imine (C=N–C) groups is 3. The minimum absolute atomic E-state index is 0.492. The van der Waals surface area contributed by atoms with Gasteiger partial charge in [0.1, 0.15) is 0 Å². The van der Waals surface area contributed by atoms with Gasteiger partial charge in [0, 0.05) is 0 Å². The Hall–Kier alpha value is -0.471. The van der Waals surface area contributed by atoms with Gasteiger partial charge in [0.2, 0.25) is 0 Å². The Kier molecular flexibility index (Phi) is 0.828. The third-order valence-electron chi connectivity index (χ3n) is 0.962. The van der Waals surface area contributed by atoms with Crippen LogP contribution in [-0.2, 0) is 0 Å². The topological polar surface area (TPSA) is 37.1 Å². The van der Waals surface area contributed by atoms with E-state index in [1.54, 1.807) is 6.34 Å². The van der Waals surface area contributed by atoms with Crippen molar-refractivity contribution in [3.05, 3.63) is 0 Å². The summed E-state index contributed by atoms with van der Waals surface area (Å²) in [6.07, 6.45) is 1.58. The molecular weight excluding hydrogens is 169 g/mol. The molecule has 2 heterocycles. The Balaban J connectivity index is 2.49. The van der Waals surface area contributed by atoms with Crippen molar-refractivity contribution in [2.45, 2.75) is 0 Å². The van der Waals surface area contributed by atoms with Crippen LogP contribution >= 0.6 is 0 Å². The predicted molar refractivity (Wildman–Crippen MR) is 34.0 cm³/mol. The van der Waals surface area contributed by atoms with Crippen molar-refractivity contribution in [2.24, 2.45) is 15.0 Å². The van der Waals surface area contributed by atoms with E-state index in [0.29, 0.717) is 15.0 Å². The number of hydrogen-bond donors (Lipinski definition) is 0. The third-order valence-corrected chi connectivity index (χ3v) is 2.68. The maximum absolute atomic E-state index is 4.11. The molecule has 0 aliphatic carbocycles. The van der Waals surface area contributed by atoms with Crippen LogP contribution in [0.25, 0.3) is 0 Å². The molecule has 0 spiro atoms. The van der Waals surface area contributed by atoms with E-state index in [9.17, 15) is 0 Å². The zero-order chi connectivity index (χ0) is 5.40. The van der Waals surface area contributed by atoms with Gasteiger partial charge in [-0.25, -0.2) is 0 Å². The zero-order valence-electron chi connectivity index (χ0n) is 4.03. The molecule has 0 N–H and O–H groups in total. The predicted octanol–water partition coefficient (Wildman–Crippen LogP) is -0.499. The molecule has 0 fully saturated rings. The second kappa shape index (κ2) is 1.50. The van der Waals surface area contributed by atoms with E-state index in [1.165, 1.54) is 0 Å². The summed E-state index contributed by atoms with van der Waals surface area (Å²) < 4.78 is 1.12. The molecule has 0 bridgehead atoms. The first kappa shape index (κ1) is 4.41. The summed E-state index contributed by atoms with van der Waals surface area (Å²) in [4.78, 5) is 12.1. The van der Waals surface area contributed by atoms with Crippen molar-refractivity contribution >= 4 is 31.7 Å². The first-order valence-electron chi connectivity index (χ1n) is 2.25. The summed E-state index contributed by atoms with van der Waals surface area (Å²) in [5, 5.41) is 0. The molecule has 0 atom stereocenters. The zero-order valence-corrected chi connectivity index (χ0v) is 5.75. The van der Waals surface area contributed by atoms with E-state index in [-0.39, 0.29) is 0 Å². The van der Waals surface area contributed by atoms with Gasteiger partial charge in [-0.05, 0) is 0 Å². The SMILES string of the molecule is C1=NC2=NC[Se]C2=N1. The summed E-state index contributed by atoms with van der Waals surface area (Å²) in [5.41, 5.74) is 0.943. The van der Waals surface area contributed by atoms with Gasteiger partial charge in [-0.15, -0.1) is 0 Å². The summed E-state index contributed by atoms with van der Waals surface area (Å²) in [7, 11) is 0. The van der Waals surface area contributed by atoms with E-state index >= 15 is 0 Å². The molecule has 0 saturated heterocycles. The summed E-state index contributed by atoms with van der Waals surface area (Å²) in [6, 6.07) is 0. The summed E-state index contributed by atoms with van der Waals surface area (Å²) in [6.45, 7) is 0. The van der Waals surface area contributed by atoms with Gasteiger partial charge in [0.05, 0.1) is 0 Å².